The van der Waals surface area contributed by atoms with Crippen molar-refractivity contribution in [3.8, 4) is 5.75 Å². The van der Waals surface area contributed by atoms with Crippen molar-refractivity contribution in [2.75, 3.05) is 7.11 Å². The number of hydrogen-bond donors (Lipinski definition) is 2. The minimum absolute atomic E-state index is 0.506. The molecule has 0 saturated carbocycles. The van der Waals surface area contributed by atoms with Gasteiger partial charge < -0.3 is 15.5 Å². The monoisotopic (exact) mass is 268 g/mol. The summed E-state index contributed by atoms with van der Waals surface area (Å²) in [4.78, 5) is 3.23. The molecule has 0 unspecified atom stereocenters. The number of methoxy groups -OCH3 is 1. The van der Waals surface area contributed by atoms with Crippen molar-refractivity contribution < 1.29 is 4.74 Å². The number of aromatic amines is 1. The lowest BCUT2D eigenvalue weighted by molar-refractivity contribution is 0.417. The number of rotatable bonds is 2. The Morgan fingerprint density at radius 1 is 1.53 bits per heavy atom. The number of nitrogens with two attached hydrogens (primary N) is 1. The first-order valence-corrected chi connectivity index (χ1v) is 5.51. The molecular weight excluding hydrogens is 256 g/mol. The second kappa shape index (κ2) is 3.87. The first-order chi connectivity index (χ1) is 7.19. The van der Waals surface area contributed by atoms with Crippen molar-refractivity contribution in [1.29, 1.82) is 0 Å². The highest BCUT2D eigenvalue weighted by Gasteiger charge is 2.13. The molecule has 0 bridgehead atoms. The minimum atomic E-state index is 0.506. The fourth-order valence-corrected chi connectivity index (χ4v) is 2.55. The highest BCUT2D eigenvalue weighted by atomic mass is 79.9. The number of nitrogens with one attached hydrogen (secondary N) is 1. The van der Waals surface area contributed by atoms with E-state index in [-0.39, 0.29) is 0 Å². The van der Waals surface area contributed by atoms with Crippen LogP contribution in [-0.4, -0.2) is 12.1 Å². The number of fused-ring (bicyclic) bond motifs is 1. The van der Waals surface area contributed by atoms with E-state index in [9.17, 15) is 0 Å². The molecule has 3 N–H and O–H groups in total. The van der Waals surface area contributed by atoms with Crippen LogP contribution in [0.2, 0.25) is 0 Å². The fourth-order valence-electron chi connectivity index (χ4n) is 1.84. The van der Waals surface area contributed by atoms with Gasteiger partial charge in [0.2, 0.25) is 0 Å². The van der Waals surface area contributed by atoms with E-state index in [4.69, 9.17) is 10.5 Å². The molecule has 1 heterocycles. The van der Waals surface area contributed by atoms with Gasteiger partial charge in [-0.05, 0) is 40.0 Å². The maximum atomic E-state index is 5.69. The summed E-state index contributed by atoms with van der Waals surface area (Å²) in [6.45, 7) is 2.57. The average Bonchev–Trinajstić information content (AvgIpc) is 2.62. The third-order valence-corrected chi connectivity index (χ3v) is 3.16. The van der Waals surface area contributed by atoms with E-state index in [0.717, 1.165) is 26.7 Å². The maximum absolute atomic E-state index is 5.69. The largest absolute Gasteiger partial charge is 0.495 e. The molecule has 0 aliphatic rings. The van der Waals surface area contributed by atoms with Crippen molar-refractivity contribution in [3.63, 3.8) is 0 Å². The second-order valence-corrected chi connectivity index (χ2v) is 4.33. The van der Waals surface area contributed by atoms with Gasteiger partial charge in [0.25, 0.3) is 0 Å². The standard InChI is InChI=1S/C11H13BrN2O/c1-6-3-8(12)11(15-2)9-7(4-13)5-14-10(6)9/h3,5,14H,4,13H2,1-2H3. The molecule has 0 atom stereocenters. The van der Waals surface area contributed by atoms with Crippen LogP contribution in [0.5, 0.6) is 5.75 Å². The third kappa shape index (κ3) is 1.54. The molecule has 0 radical (unpaired) electrons. The lowest BCUT2D eigenvalue weighted by atomic mass is 10.1. The fraction of sp³-hybridized carbons (Fsp3) is 0.273. The van der Waals surface area contributed by atoms with E-state index in [0.29, 0.717) is 6.54 Å². The molecule has 2 aromatic rings. The van der Waals surface area contributed by atoms with Crippen LogP contribution in [0.4, 0.5) is 0 Å². The van der Waals surface area contributed by atoms with Crippen molar-refractivity contribution in [1.82, 2.24) is 4.98 Å². The number of halogens is 1. The summed E-state index contributed by atoms with van der Waals surface area (Å²) >= 11 is 3.50. The van der Waals surface area contributed by atoms with Crippen LogP contribution >= 0.6 is 15.9 Å². The van der Waals surface area contributed by atoms with E-state index < -0.39 is 0 Å². The number of benzene rings is 1. The number of ether oxygens (including phenoxy) is 1. The molecular formula is C11H13BrN2O. The zero-order valence-corrected chi connectivity index (χ0v) is 10.3. The highest BCUT2D eigenvalue weighted by molar-refractivity contribution is 9.10. The normalized spacial score (nSPS) is 10.9. The van der Waals surface area contributed by atoms with Gasteiger partial charge in [0.1, 0.15) is 5.75 Å². The quantitative estimate of drug-likeness (QED) is 0.880. The summed E-state index contributed by atoms with van der Waals surface area (Å²) in [5.41, 5.74) is 9.04. The summed E-state index contributed by atoms with van der Waals surface area (Å²) in [5.74, 6) is 0.845. The van der Waals surface area contributed by atoms with Gasteiger partial charge in [0.15, 0.2) is 0 Å². The van der Waals surface area contributed by atoms with Gasteiger partial charge >= 0.3 is 0 Å². The molecule has 2 rings (SSSR count). The van der Waals surface area contributed by atoms with E-state index >= 15 is 0 Å². The van der Waals surface area contributed by atoms with Crippen LogP contribution in [0.25, 0.3) is 10.9 Å². The maximum Gasteiger partial charge on any atom is 0.142 e. The molecule has 1 aromatic carbocycles. The molecule has 1 aromatic heterocycles. The van der Waals surface area contributed by atoms with Gasteiger partial charge in [0.05, 0.1) is 17.1 Å². The molecule has 80 valence electrons. The van der Waals surface area contributed by atoms with E-state index in [1.165, 1.54) is 5.56 Å². The summed E-state index contributed by atoms with van der Waals surface area (Å²) in [6.07, 6.45) is 1.94. The van der Waals surface area contributed by atoms with Gasteiger partial charge in [-0.3, -0.25) is 0 Å². The van der Waals surface area contributed by atoms with E-state index in [2.05, 4.69) is 27.8 Å². The third-order valence-electron chi connectivity index (χ3n) is 2.57. The minimum Gasteiger partial charge on any atom is -0.495 e. The SMILES string of the molecule is COc1c(Br)cc(C)c2[nH]cc(CN)c12. The first kappa shape index (κ1) is 10.5. The zero-order chi connectivity index (χ0) is 11.0. The predicted octanol–water partition coefficient (Wildman–Crippen LogP) is 2.71. The van der Waals surface area contributed by atoms with Crippen LogP contribution in [0.3, 0.4) is 0 Å². The van der Waals surface area contributed by atoms with Crippen molar-refractivity contribution in [2.45, 2.75) is 13.5 Å². The summed E-state index contributed by atoms with van der Waals surface area (Å²) in [5, 5.41) is 1.08. The Balaban J connectivity index is 2.89. The Morgan fingerprint density at radius 2 is 2.27 bits per heavy atom. The number of H-pyrrole nitrogens is 1. The van der Waals surface area contributed by atoms with Crippen molar-refractivity contribution in [2.24, 2.45) is 5.73 Å². The molecule has 0 amide bonds. The van der Waals surface area contributed by atoms with E-state index in [1.807, 2.05) is 12.3 Å². The van der Waals surface area contributed by atoms with Crippen LogP contribution in [0.1, 0.15) is 11.1 Å². The Morgan fingerprint density at radius 3 is 2.87 bits per heavy atom. The molecule has 0 aliphatic carbocycles. The zero-order valence-electron chi connectivity index (χ0n) is 8.73. The van der Waals surface area contributed by atoms with Crippen LogP contribution < -0.4 is 10.5 Å². The Labute approximate surface area is 96.7 Å². The summed E-state index contributed by atoms with van der Waals surface area (Å²) in [6, 6.07) is 2.04. The average molecular weight is 269 g/mol. The smallest absolute Gasteiger partial charge is 0.142 e. The summed E-state index contributed by atoms with van der Waals surface area (Å²) in [7, 11) is 1.67. The topological polar surface area (TPSA) is 51.0 Å². The molecule has 3 nitrogen and oxygen atoms in total. The van der Waals surface area contributed by atoms with Crippen LogP contribution in [0, 0.1) is 6.92 Å². The van der Waals surface area contributed by atoms with Crippen LogP contribution in [0.15, 0.2) is 16.7 Å². The molecule has 0 fully saturated rings. The van der Waals surface area contributed by atoms with Crippen molar-refractivity contribution >= 4 is 26.8 Å². The Hall–Kier alpha value is -1.00. The van der Waals surface area contributed by atoms with Gasteiger partial charge in [-0.25, -0.2) is 0 Å². The number of aryl methyl sites for hydroxylation is 1. The molecule has 0 saturated heterocycles. The Bertz CT molecular complexity index is 505. The van der Waals surface area contributed by atoms with E-state index in [1.54, 1.807) is 7.11 Å². The number of hydrogen-bond acceptors (Lipinski definition) is 2. The summed E-state index contributed by atoms with van der Waals surface area (Å²) < 4.78 is 6.35. The number of aromatic nitrogens is 1. The molecule has 0 aliphatic heterocycles. The Kier molecular flexibility index (Phi) is 2.71. The second-order valence-electron chi connectivity index (χ2n) is 3.48. The van der Waals surface area contributed by atoms with Gasteiger partial charge in [-0.2, -0.15) is 0 Å². The predicted molar refractivity (Wildman–Crippen MR) is 65.2 cm³/mol. The first-order valence-electron chi connectivity index (χ1n) is 4.72. The molecule has 0 spiro atoms. The lowest BCUT2D eigenvalue weighted by Crippen LogP contribution is -1.96. The van der Waals surface area contributed by atoms with Crippen LogP contribution in [-0.2, 0) is 6.54 Å². The van der Waals surface area contributed by atoms with Crippen molar-refractivity contribution in [3.05, 3.63) is 27.9 Å². The highest BCUT2D eigenvalue weighted by Crippen LogP contribution is 2.37. The van der Waals surface area contributed by atoms with Gasteiger partial charge in [-0.15, -0.1) is 0 Å². The lowest BCUT2D eigenvalue weighted by Gasteiger charge is -2.08. The molecule has 15 heavy (non-hydrogen) atoms. The molecule has 4 heteroatoms. The van der Waals surface area contributed by atoms with Gasteiger partial charge in [-0.1, -0.05) is 0 Å². The van der Waals surface area contributed by atoms with Gasteiger partial charge in [0, 0.05) is 18.1 Å².